The Morgan fingerprint density at radius 2 is 2.00 bits per heavy atom. The maximum Gasteiger partial charge on any atom is 0.324 e. The molecule has 0 saturated carbocycles. The molecule has 1 aliphatic rings. The molecule has 1 aliphatic heterocycles. The van der Waals surface area contributed by atoms with Crippen LogP contribution in [0.3, 0.4) is 0 Å². The Morgan fingerprint density at radius 3 is 2.58 bits per heavy atom. The van der Waals surface area contributed by atoms with Crippen LogP contribution >= 0.6 is 0 Å². The third kappa shape index (κ3) is 3.53. The Bertz CT molecular complexity index is 847. The van der Waals surface area contributed by atoms with E-state index < -0.39 is 24.1 Å². The Hall–Kier alpha value is -3.30. The van der Waals surface area contributed by atoms with E-state index in [0.29, 0.717) is 5.56 Å². The summed E-state index contributed by atoms with van der Waals surface area (Å²) in [4.78, 5) is 36.4. The van der Waals surface area contributed by atoms with Crippen LogP contribution in [0.15, 0.2) is 30.5 Å². The van der Waals surface area contributed by atoms with E-state index in [1.54, 1.807) is 12.1 Å². The van der Waals surface area contributed by atoms with E-state index in [2.05, 4.69) is 15.7 Å². The van der Waals surface area contributed by atoms with Crippen LogP contribution in [0.1, 0.15) is 28.0 Å². The normalized spacial score (nSPS) is 14.1. The van der Waals surface area contributed by atoms with Gasteiger partial charge in [0.15, 0.2) is 5.69 Å². The minimum atomic E-state index is -2.81. The maximum atomic E-state index is 12.9. The van der Waals surface area contributed by atoms with Gasteiger partial charge in [-0.25, -0.2) is 13.6 Å². The monoisotopic (exact) mass is 363 g/mol. The Kier molecular flexibility index (Phi) is 4.65. The number of nitrogens with one attached hydrogen (secondary N) is 2. The number of imide groups is 1. The quantitative estimate of drug-likeness (QED) is 0.790. The number of nitrogens with zero attached hydrogens (tertiary/aromatic N) is 3. The average molecular weight is 363 g/mol. The van der Waals surface area contributed by atoms with E-state index in [-0.39, 0.29) is 30.2 Å². The summed E-state index contributed by atoms with van der Waals surface area (Å²) >= 11 is 0. The van der Waals surface area contributed by atoms with Gasteiger partial charge in [-0.05, 0) is 17.7 Å². The lowest BCUT2D eigenvalue weighted by Crippen LogP contribution is -2.30. The first kappa shape index (κ1) is 17.5. The minimum absolute atomic E-state index is 0.0308. The third-order valence-electron chi connectivity index (χ3n) is 3.81. The molecule has 4 amide bonds. The van der Waals surface area contributed by atoms with Gasteiger partial charge in [-0.3, -0.25) is 19.2 Å². The molecule has 1 fully saturated rings. The van der Waals surface area contributed by atoms with Crippen molar-refractivity contribution in [3.8, 4) is 0 Å². The topological polar surface area (TPSA) is 96.3 Å². The number of carbonyl (C=O) groups is 3. The lowest BCUT2D eigenvalue weighted by atomic mass is 10.1. The van der Waals surface area contributed by atoms with E-state index in [9.17, 15) is 23.2 Å². The van der Waals surface area contributed by atoms with Crippen LogP contribution in [-0.2, 0) is 18.4 Å². The number of anilines is 1. The SMILES string of the molecule is Cn1cc(NC(=O)c2ccc(CN3C(=O)CNC3=O)cc2)c(C(F)F)n1. The predicted octanol–water partition coefficient (Wildman–Crippen LogP) is 1.66. The van der Waals surface area contributed by atoms with E-state index >= 15 is 0 Å². The predicted molar refractivity (Wildman–Crippen MR) is 86.5 cm³/mol. The van der Waals surface area contributed by atoms with Gasteiger partial charge in [0.1, 0.15) is 0 Å². The van der Waals surface area contributed by atoms with E-state index in [4.69, 9.17) is 0 Å². The Labute approximate surface area is 146 Å². The third-order valence-corrected chi connectivity index (χ3v) is 3.81. The van der Waals surface area contributed by atoms with Crippen molar-refractivity contribution in [1.29, 1.82) is 0 Å². The second kappa shape index (κ2) is 6.90. The van der Waals surface area contributed by atoms with Crippen LogP contribution < -0.4 is 10.6 Å². The van der Waals surface area contributed by atoms with Crippen molar-refractivity contribution >= 4 is 23.5 Å². The van der Waals surface area contributed by atoms with Crippen LogP contribution in [0.5, 0.6) is 0 Å². The zero-order valence-electron chi connectivity index (χ0n) is 13.7. The number of benzene rings is 1. The number of hydrogen-bond acceptors (Lipinski definition) is 4. The molecule has 26 heavy (non-hydrogen) atoms. The Morgan fingerprint density at radius 1 is 1.31 bits per heavy atom. The van der Waals surface area contributed by atoms with Gasteiger partial charge in [0.25, 0.3) is 12.3 Å². The van der Waals surface area contributed by atoms with Gasteiger partial charge in [0.2, 0.25) is 5.91 Å². The molecule has 2 heterocycles. The number of alkyl halides is 2. The fourth-order valence-electron chi connectivity index (χ4n) is 2.52. The summed E-state index contributed by atoms with van der Waals surface area (Å²) in [7, 11) is 1.48. The minimum Gasteiger partial charge on any atom is -0.329 e. The van der Waals surface area contributed by atoms with E-state index in [0.717, 1.165) is 4.90 Å². The molecule has 0 aliphatic carbocycles. The van der Waals surface area contributed by atoms with Crippen molar-refractivity contribution in [2.24, 2.45) is 7.05 Å². The van der Waals surface area contributed by atoms with Gasteiger partial charge in [-0.15, -0.1) is 0 Å². The lowest BCUT2D eigenvalue weighted by molar-refractivity contribution is -0.125. The van der Waals surface area contributed by atoms with Crippen molar-refractivity contribution in [2.75, 3.05) is 11.9 Å². The fourth-order valence-corrected chi connectivity index (χ4v) is 2.52. The van der Waals surface area contributed by atoms with Crippen LogP contribution in [0.25, 0.3) is 0 Å². The van der Waals surface area contributed by atoms with Crippen molar-refractivity contribution in [3.05, 3.63) is 47.3 Å². The van der Waals surface area contributed by atoms with E-state index in [1.807, 2.05) is 0 Å². The van der Waals surface area contributed by atoms with Crippen LogP contribution in [0.4, 0.5) is 19.3 Å². The molecule has 0 radical (unpaired) electrons. The molecule has 1 saturated heterocycles. The second-order valence-electron chi connectivity index (χ2n) is 5.69. The van der Waals surface area contributed by atoms with Gasteiger partial charge >= 0.3 is 6.03 Å². The first-order valence-electron chi connectivity index (χ1n) is 7.65. The first-order chi connectivity index (χ1) is 12.3. The molecular weight excluding hydrogens is 348 g/mol. The molecule has 8 nitrogen and oxygen atoms in total. The van der Waals surface area contributed by atoms with Crippen molar-refractivity contribution in [2.45, 2.75) is 13.0 Å². The molecular formula is C16H15F2N5O3. The lowest BCUT2D eigenvalue weighted by Gasteiger charge is -2.12. The average Bonchev–Trinajstić information content (AvgIpc) is 3.12. The molecule has 10 heteroatoms. The van der Waals surface area contributed by atoms with Crippen LogP contribution in [0.2, 0.25) is 0 Å². The van der Waals surface area contributed by atoms with Gasteiger partial charge in [-0.2, -0.15) is 5.10 Å². The van der Waals surface area contributed by atoms with Crippen LogP contribution in [0, 0.1) is 0 Å². The molecule has 0 bridgehead atoms. The highest BCUT2D eigenvalue weighted by molar-refractivity contribution is 6.04. The summed E-state index contributed by atoms with van der Waals surface area (Å²) in [6.07, 6.45) is -1.51. The second-order valence-corrected chi connectivity index (χ2v) is 5.69. The molecule has 1 aromatic heterocycles. The van der Waals surface area contributed by atoms with Crippen molar-refractivity contribution in [1.82, 2.24) is 20.0 Å². The summed E-state index contributed by atoms with van der Waals surface area (Å²) < 4.78 is 27.0. The number of amides is 4. The van der Waals surface area contributed by atoms with Crippen molar-refractivity contribution in [3.63, 3.8) is 0 Å². The molecule has 2 N–H and O–H groups in total. The summed E-state index contributed by atoms with van der Waals surface area (Å²) in [5.41, 5.74) is 0.337. The van der Waals surface area contributed by atoms with Crippen molar-refractivity contribution < 1.29 is 23.2 Å². The number of hydrogen-bond donors (Lipinski definition) is 2. The molecule has 0 unspecified atom stereocenters. The number of carbonyl (C=O) groups excluding carboxylic acids is 3. The summed E-state index contributed by atoms with van der Waals surface area (Å²) in [6.45, 7) is 0.0571. The number of halogens is 2. The molecule has 0 spiro atoms. The highest BCUT2D eigenvalue weighted by Gasteiger charge is 2.28. The van der Waals surface area contributed by atoms with E-state index in [1.165, 1.54) is 30.1 Å². The first-order valence-corrected chi connectivity index (χ1v) is 7.65. The van der Waals surface area contributed by atoms with Crippen LogP contribution in [-0.4, -0.2) is 39.1 Å². The number of urea groups is 1. The Balaban J connectivity index is 1.69. The summed E-state index contributed by atoms with van der Waals surface area (Å²) in [5, 5.41) is 8.44. The molecule has 136 valence electrons. The highest BCUT2D eigenvalue weighted by atomic mass is 19.3. The number of aryl methyl sites for hydroxylation is 1. The zero-order chi connectivity index (χ0) is 18.8. The summed E-state index contributed by atoms with van der Waals surface area (Å²) in [6, 6.07) is 5.69. The number of aromatic nitrogens is 2. The van der Waals surface area contributed by atoms with Gasteiger partial charge in [-0.1, -0.05) is 12.1 Å². The zero-order valence-corrected chi connectivity index (χ0v) is 13.7. The maximum absolute atomic E-state index is 12.9. The van der Waals surface area contributed by atoms with Gasteiger partial charge in [0, 0.05) is 18.8 Å². The summed E-state index contributed by atoms with van der Waals surface area (Å²) in [5.74, 6) is -0.894. The fraction of sp³-hybridized carbons (Fsp3) is 0.250. The molecule has 3 rings (SSSR count). The van der Waals surface area contributed by atoms with Gasteiger partial charge < -0.3 is 10.6 Å². The molecule has 1 aromatic carbocycles. The standard InChI is InChI=1S/C16H15F2N5O3/c1-22-8-11(13(21-22)14(17)18)20-15(25)10-4-2-9(3-5-10)7-23-12(24)6-19-16(23)26/h2-5,8,14H,6-7H2,1H3,(H,19,26)(H,20,25). The number of rotatable bonds is 5. The smallest absolute Gasteiger partial charge is 0.324 e. The highest BCUT2D eigenvalue weighted by Crippen LogP contribution is 2.25. The largest absolute Gasteiger partial charge is 0.329 e. The molecule has 2 aromatic rings. The molecule has 0 atom stereocenters. The van der Waals surface area contributed by atoms with Gasteiger partial charge in [0.05, 0.1) is 18.8 Å².